The zero-order chi connectivity index (χ0) is 38.9. The number of fused-ring (bicyclic) bond motifs is 11. The highest BCUT2D eigenvalue weighted by Crippen LogP contribution is 2.70. The first-order valence-electron chi connectivity index (χ1n) is 17.5. The van der Waals surface area contributed by atoms with Gasteiger partial charge >= 0.3 is 11.9 Å². The van der Waals surface area contributed by atoms with Crippen molar-refractivity contribution in [2.75, 3.05) is 37.6 Å². The van der Waals surface area contributed by atoms with E-state index in [-0.39, 0.29) is 17.5 Å². The van der Waals surface area contributed by atoms with Gasteiger partial charge in [0, 0.05) is 39.3 Å². The molecular formula is C37H40N6O9S2. The Morgan fingerprint density at radius 2 is 1.52 bits per heavy atom. The van der Waals surface area contributed by atoms with Crippen LogP contribution in [-0.2, 0) is 49.1 Å². The van der Waals surface area contributed by atoms with Crippen LogP contribution in [0.1, 0.15) is 38.8 Å². The minimum absolute atomic E-state index is 0.0610. The Hall–Kier alpha value is -4.74. The van der Waals surface area contributed by atoms with Gasteiger partial charge in [-0.05, 0) is 41.5 Å². The van der Waals surface area contributed by atoms with Gasteiger partial charge < -0.3 is 35.0 Å². The van der Waals surface area contributed by atoms with Crippen molar-refractivity contribution in [3.05, 3.63) is 71.4 Å². The van der Waals surface area contributed by atoms with Crippen LogP contribution in [-0.4, -0.2) is 122 Å². The predicted octanol–water partition coefficient (Wildman–Crippen LogP) is 1.79. The number of aliphatic hydroxyl groups is 1. The monoisotopic (exact) mass is 776 g/mol. The molecule has 8 atom stereocenters. The van der Waals surface area contributed by atoms with Gasteiger partial charge in [0.1, 0.15) is 30.7 Å². The smallest absolute Gasteiger partial charge is 0.303 e. The van der Waals surface area contributed by atoms with Crippen molar-refractivity contribution in [1.29, 1.82) is 0 Å². The molecule has 3 saturated heterocycles. The highest BCUT2D eigenvalue weighted by molar-refractivity contribution is 8.77. The van der Waals surface area contributed by atoms with Gasteiger partial charge in [-0.15, -0.1) is 0 Å². The summed E-state index contributed by atoms with van der Waals surface area (Å²) in [4.78, 5) is 88.6. The molecule has 8 rings (SSSR count). The molecule has 4 amide bonds. The number of carbonyl (C=O) groups excluding carboxylic acids is 6. The molecular weight excluding hydrogens is 737 g/mol. The Kier molecular flexibility index (Phi) is 7.97. The number of nitrogens with one attached hydrogen (secondary N) is 2. The van der Waals surface area contributed by atoms with Crippen molar-refractivity contribution in [3.63, 3.8) is 0 Å². The molecule has 0 saturated carbocycles. The maximum Gasteiger partial charge on any atom is 0.303 e. The van der Waals surface area contributed by atoms with Crippen LogP contribution < -0.4 is 10.6 Å². The molecule has 6 aliphatic heterocycles. The summed E-state index contributed by atoms with van der Waals surface area (Å²) < 4.78 is 11.5. The van der Waals surface area contributed by atoms with Gasteiger partial charge in [0.25, 0.3) is 29.4 Å². The van der Waals surface area contributed by atoms with Crippen LogP contribution in [0.5, 0.6) is 0 Å². The summed E-state index contributed by atoms with van der Waals surface area (Å²) in [6, 6.07) is 13.0. The lowest BCUT2D eigenvalue weighted by Crippen LogP contribution is -2.74. The number of ether oxygens (including phenoxy) is 2. The van der Waals surface area contributed by atoms with E-state index in [0.29, 0.717) is 22.5 Å². The third-order valence-corrected chi connectivity index (χ3v) is 14.7. The Bertz CT molecular complexity index is 2100. The third-order valence-electron chi connectivity index (χ3n) is 12.1. The average Bonchev–Trinajstić information content (AvgIpc) is 3.81. The molecule has 2 aromatic rings. The number of esters is 2. The maximum atomic E-state index is 15.3. The van der Waals surface area contributed by atoms with Crippen molar-refractivity contribution in [2.45, 2.75) is 73.6 Å². The lowest BCUT2D eigenvalue weighted by Gasteiger charge is -2.52. The van der Waals surface area contributed by atoms with Gasteiger partial charge in [0.05, 0.1) is 10.8 Å². The summed E-state index contributed by atoms with van der Waals surface area (Å²) >= 11 is 0. The quantitative estimate of drug-likeness (QED) is 0.274. The zero-order valence-corrected chi connectivity index (χ0v) is 32.2. The van der Waals surface area contributed by atoms with E-state index in [1.807, 2.05) is 38.3 Å². The van der Waals surface area contributed by atoms with E-state index in [1.54, 1.807) is 43.5 Å². The zero-order valence-electron chi connectivity index (χ0n) is 30.6. The standard InChI is InChI=1S/C37H40N6O9S2/c1-18(2)37(54-53-7)33(49)42-25(27(46)41(37)6)16-34(21-12-8-10-14-23(21)38-30(34)42)35-22-13-9-11-15-24(22)39-31(35)43-28(47)26(17-51-19(3)44)40(5)32(48)36(43,50)29(35)52-20(4)45/h8-16,18,26,29-31,38-39,50H,17H2,1-7H3/t26-,29-,30+,31-,34-,35-,36-,37+/m0/s1. The van der Waals surface area contributed by atoms with Crippen molar-refractivity contribution >= 4 is 68.5 Å². The second kappa shape index (κ2) is 11.9. The second-order valence-electron chi connectivity index (χ2n) is 14.8. The molecule has 0 radical (unpaired) electrons. The van der Waals surface area contributed by atoms with Crippen LogP contribution in [0.2, 0.25) is 0 Å². The van der Waals surface area contributed by atoms with Crippen LogP contribution in [0.3, 0.4) is 0 Å². The number of amides is 4. The van der Waals surface area contributed by atoms with Crippen LogP contribution in [0.25, 0.3) is 0 Å². The predicted molar refractivity (Wildman–Crippen MR) is 198 cm³/mol. The number of rotatable bonds is 7. The fraction of sp³-hybridized carbons (Fsp3) is 0.459. The Labute approximate surface area is 319 Å². The van der Waals surface area contributed by atoms with Gasteiger partial charge in [-0.1, -0.05) is 71.8 Å². The molecule has 0 spiro atoms. The molecule has 0 aliphatic carbocycles. The van der Waals surface area contributed by atoms with Gasteiger partial charge in [0.15, 0.2) is 11.0 Å². The number of benzene rings is 2. The van der Waals surface area contributed by atoms with E-state index >= 15 is 4.79 Å². The minimum Gasteiger partial charge on any atom is -0.463 e. The number of para-hydroxylation sites is 2. The van der Waals surface area contributed by atoms with Gasteiger partial charge in [-0.3, -0.25) is 38.6 Å². The Morgan fingerprint density at radius 3 is 2.13 bits per heavy atom. The lowest BCUT2D eigenvalue weighted by molar-refractivity contribution is -0.216. The van der Waals surface area contributed by atoms with E-state index in [0.717, 1.165) is 16.7 Å². The molecule has 15 nitrogen and oxygen atoms in total. The molecule has 0 aromatic heterocycles. The lowest BCUT2D eigenvalue weighted by atomic mass is 9.54. The first kappa shape index (κ1) is 36.2. The van der Waals surface area contributed by atoms with E-state index in [1.165, 1.54) is 45.4 Å². The van der Waals surface area contributed by atoms with Crippen LogP contribution in [0.15, 0.2) is 60.3 Å². The molecule has 3 N–H and O–H groups in total. The van der Waals surface area contributed by atoms with E-state index < -0.39 is 82.2 Å². The number of piperazine rings is 2. The molecule has 6 aliphatic rings. The van der Waals surface area contributed by atoms with Gasteiger partial charge in [-0.2, -0.15) is 0 Å². The third kappa shape index (κ3) is 4.04. The van der Waals surface area contributed by atoms with Crippen molar-refractivity contribution in [1.82, 2.24) is 19.6 Å². The number of hydrogen-bond acceptors (Lipinski definition) is 13. The summed E-state index contributed by atoms with van der Waals surface area (Å²) in [5, 5.41) is 20.0. The number of anilines is 2. The Morgan fingerprint density at radius 1 is 0.907 bits per heavy atom. The number of hydrogen-bond donors (Lipinski definition) is 3. The van der Waals surface area contributed by atoms with Crippen molar-refractivity contribution in [2.24, 2.45) is 5.92 Å². The van der Waals surface area contributed by atoms with Crippen LogP contribution in [0, 0.1) is 5.92 Å². The first-order chi connectivity index (χ1) is 25.6. The van der Waals surface area contributed by atoms with Gasteiger partial charge in [0.2, 0.25) is 0 Å². The summed E-state index contributed by atoms with van der Waals surface area (Å²) in [5.74, 6) is -4.41. The van der Waals surface area contributed by atoms with Crippen LogP contribution in [0.4, 0.5) is 11.4 Å². The topological polar surface area (TPSA) is 178 Å². The Balaban J connectivity index is 1.47. The fourth-order valence-corrected chi connectivity index (χ4v) is 12.7. The van der Waals surface area contributed by atoms with E-state index in [4.69, 9.17) is 9.47 Å². The first-order valence-corrected chi connectivity index (χ1v) is 20.1. The molecule has 0 bridgehead atoms. The highest BCUT2D eigenvalue weighted by atomic mass is 33.1. The molecule has 54 heavy (non-hydrogen) atoms. The fourth-order valence-electron chi connectivity index (χ4n) is 9.97. The summed E-state index contributed by atoms with van der Waals surface area (Å²) in [5.41, 5.74) is -3.96. The van der Waals surface area contributed by atoms with E-state index in [9.17, 15) is 29.1 Å². The summed E-state index contributed by atoms with van der Waals surface area (Å²) in [6.45, 7) is 5.59. The second-order valence-corrected chi connectivity index (χ2v) is 17.4. The molecule has 284 valence electrons. The van der Waals surface area contributed by atoms with Crippen LogP contribution >= 0.6 is 21.6 Å². The average molecular weight is 777 g/mol. The SMILES string of the molecule is CSS[C@]1(C(C)C)C(=O)N2C(=C[C@]3([C@]45c6ccccc6N[C@H]4N4C(=O)[C@H](COC(C)=O)N(C)C(=O)[C@@]4(O)[C@H]5OC(C)=O)c4ccccc4N[C@H]23)C(=O)N1C. The largest absolute Gasteiger partial charge is 0.463 e. The molecule has 17 heteroatoms. The van der Waals surface area contributed by atoms with Gasteiger partial charge in [-0.25, -0.2) is 0 Å². The minimum atomic E-state index is -2.81. The number of nitrogens with zero attached hydrogens (tertiary/aromatic N) is 4. The molecule has 0 unspecified atom stereocenters. The summed E-state index contributed by atoms with van der Waals surface area (Å²) in [7, 11) is 5.56. The normalized spacial score (nSPS) is 34.4. The highest BCUT2D eigenvalue weighted by Gasteiger charge is 2.86. The van der Waals surface area contributed by atoms with Crippen molar-refractivity contribution in [3.8, 4) is 0 Å². The number of carbonyl (C=O) groups is 6. The van der Waals surface area contributed by atoms with E-state index in [2.05, 4.69) is 10.6 Å². The maximum absolute atomic E-state index is 15.3. The summed E-state index contributed by atoms with van der Waals surface area (Å²) in [6.07, 6.45) is -0.669. The molecule has 2 aromatic carbocycles. The molecule has 3 fully saturated rings. The van der Waals surface area contributed by atoms with Crippen molar-refractivity contribution < 1.29 is 43.3 Å². The molecule has 6 heterocycles. The number of likely N-dealkylation sites (N-methyl/N-ethyl adjacent to an activating group) is 2.